The van der Waals surface area contributed by atoms with E-state index >= 15 is 0 Å². The summed E-state index contributed by atoms with van der Waals surface area (Å²) in [6, 6.07) is 1.14. The molecule has 0 radical (unpaired) electrons. The fourth-order valence-electron chi connectivity index (χ4n) is 2.59. The summed E-state index contributed by atoms with van der Waals surface area (Å²) in [4.78, 5) is 15.5. The molecule has 146 valence electrons. The zero-order valence-corrected chi connectivity index (χ0v) is 14.0. The van der Waals surface area contributed by atoms with Crippen molar-refractivity contribution >= 4 is 6.09 Å². The molecule has 0 saturated carbocycles. The van der Waals surface area contributed by atoms with E-state index < -0.39 is 36.2 Å². The van der Waals surface area contributed by atoms with Crippen LogP contribution in [0.4, 0.5) is 31.1 Å². The summed E-state index contributed by atoms with van der Waals surface area (Å²) in [5, 5.41) is 0. The Bertz CT molecular complexity index is 604. The number of hydrogen-bond donors (Lipinski definition) is 0. The van der Waals surface area contributed by atoms with Crippen molar-refractivity contribution in [2.45, 2.75) is 25.9 Å². The average molecular weight is 384 g/mol. The molecule has 1 amide bonds. The van der Waals surface area contributed by atoms with E-state index in [4.69, 9.17) is 4.74 Å². The van der Waals surface area contributed by atoms with Gasteiger partial charge in [-0.2, -0.15) is 26.3 Å². The molecule has 26 heavy (non-hydrogen) atoms. The van der Waals surface area contributed by atoms with Crippen molar-refractivity contribution in [2.75, 3.05) is 32.7 Å². The molecule has 0 spiro atoms. The SMILES string of the molecule is CCN1CCN(C(=O)OCc2cc(C(F)(F)F)cc(C(F)(F)F)c2)CC1. The van der Waals surface area contributed by atoms with Crippen molar-refractivity contribution in [1.82, 2.24) is 9.80 Å². The van der Waals surface area contributed by atoms with E-state index in [0.717, 1.165) is 6.54 Å². The van der Waals surface area contributed by atoms with Crippen LogP contribution in [0.15, 0.2) is 18.2 Å². The van der Waals surface area contributed by atoms with E-state index in [9.17, 15) is 31.1 Å². The number of carbonyl (C=O) groups is 1. The van der Waals surface area contributed by atoms with Gasteiger partial charge < -0.3 is 14.5 Å². The lowest BCUT2D eigenvalue weighted by Crippen LogP contribution is -2.48. The van der Waals surface area contributed by atoms with Gasteiger partial charge in [0.05, 0.1) is 11.1 Å². The zero-order valence-electron chi connectivity index (χ0n) is 14.0. The van der Waals surface area contributed by atoms with Gasteiger partial charge in [0.1, 0.15) is 6.61 Å². The molecule has 0 N–H and O–H groups in total. The maximum atomic E-state index is 12.8. The quantitative estimate of drug-likeness (QED) is 0.739. The van der Waals surface area contributed by atoms with Gasteiger partial charge in [0.25, 0.3) is 0 Å². The smallest absolute Gasteiger partial charge is 0.416 e. The lowest BCUT2D eigenvalue weighted by atomic mass is 10.1. The Morgan fingerprint density at radius 3 is 1.88 bits per heavy atom. The van der Waals surface area contributed by atoms with Crippen LogP contribution < -0.4 is 0 Å². The minimum atomic E-state index is -4.93. The van der Waals surface area contributed by atoms with Crippen molar-refractivity contribution in [3.8, 4) is 0 Å². The molecule has 0 atom stereocenters. The minimum Gasteiger partial charge on any atom is -0.445 e. The Morgan fingerprint density at radius 1 is 0.962 bits per heavy atom. The van der Waals surface area contributed by atoms with Gasteiger partial charge in [-0.3, -0.25) is 0 Å². The number of nitrogens with zero attached hydrogens (tertiary/aromatic N) is 2. The van der Waals surface area contributed by atoms with Gasteiger partial charge in [0, 0.05) is 26.2 Å². The molecule has 1 fully saturated rings. The second-order valence-electron chi connectivity index (χ2n) is 5.89. The predicted octanol–water partition coefficient (Wildman–Crippen LogP) is 4.00. The van der Waals surface area contributed by atoms with Crippen LogP contribution in [0, 0.1) is 0 Å². The minimum absolute atomic E-state index is 0.0370. The van der Waals surface area contributed by atoms with Crippen molar-refractivity contribution < 1.29 is 35.9 Å². The first kappa shape index (κ1) is 20.3. The van der Waals surface area contributed by atoms with Gasteiger partial charge in [-0.05, 0) is 30.3 Å². The van der Waals surface area contributed by atoms with Crippen LogP contribution in [0.25, 0.3) is 0 Å². The van der Waals surface area contributed by atoms with Gasteiger partial charge >= 0.3 is 18.4 Å². The third kappa shape index (κ3) is 5.26. The lowest BCUT2D eigenvalue weighted by molar-refractivity contribution is -0.143. The normalized spacial score (nSPS) is 16.7. The van der Waals surface area contributed by atoms with Crippen molar-refractivity contribution in [3.05, 3.63) is 34.9 Å². The van der Waals surface area contributed by atoms with E-state index in [1.807, 2.05) is 6.92 Å². The zero-order chi connectivity index (χ0) is 19.5. The molecule has 1 aliphatic rings. The summed E-state index contributed by atoms with van der Waals surface area (Å²) in [6.45, 7) is 4.18. The number of likely N-dealkylation sites (N-methyl/N-ethyl adjacent to an activating group) is 1. The Hall–Kier alpha value is -1.97. The van der Waals surface area contributed by atoms with Crippen LogP contribution in [0.5, 0.6) is 0 Å². The largest absolute Gasteiger partial charge is 0.445 e. The molecule has 1 aromatic rings. The molecule has 1 aromatic carbocycles. The molecule has 1 saturated heterocycles. The molecular formula is C16H18F6N2O2. The van der Waals surface area contributed by atoms with E-state index in [0.29, 0.717) is 38.3 Å². The summed E-state index contributed by atoms with van der Waals surface area (Å²) < 4.78 is 81.8. The summed E-state index contributed by atoms with van der Waals surface area (Å²) in [7, 11) is 0. The molecule has 1 aliphatic heterocycles. The molecule has 0 bridgehead atoms. The highest BCUT2D eigenvalue weighted by atomic mass is 19.4. The lowest BCUT2D eigenvalue weighted by Gasteiger charge is -2.33. The van der Waals surface area contributed by atoms with Crippen LogP contribution in [-0.2, 0) is 23.7 Å². The monoisotopic (exact) mass is 384 g/mol. The van der Waals surface area contributed by atoms with Gasteiger partial charge in [-0.15, -0.1) is 0 Å². The highest BCUT2D eigenvalue weighted by molar-refractivity contribution is 5.67. The third-order valence-corrected chi connectivity index (χ3v) is 4.09. The Kier molecular flexibility index (Phi) is 6.05. The highest BCUT2D eigenvalue weighted by Crippen LogP contribution is 2.36. The number of alkyl halides is 6. The number of piperazine rings is 1. The number of hydrogen-bond acceptors (Lipinski definition) is 3. The number of ether oxygens (including phenoxy) is 1. The van der Waals surface area contributed by atoms with Crippen LogP contribution in [0.1, 0.15) is 23.6 Å². The summed E-state index contributed by atoms with van der Waals surface area (Å²) >= 11 is 0. The van der Waals surface area contributed by atoms with E-state index in [-0.39, 0.29) is 11.6 Å². The first-order valence-electron chi connectivity index (χ1n) is 7.93. The predicted molar refractivity (Wildman–Crippen MR) is 80.3 cm³/mol. The molecule has 10 heteroatoms. The van der Waals surface area contributed by atoms with Gasteiger partial charge in [-0.25, -0.2) is 4.79 Å². The van der Waals surface area contributed by atoms with Crippen LogP contribution >= 0.6 is 0 Å². The highest BCUT2D eigenvalue weighted by Gasteiger charge is 2.37. The number of rotatable bonds is 3. The molecular weight excluding hydrogens is 366 g/mol. The second kappa shape index (κ2) is 7.73. The Balaban J connectivity index is 2.08. The molecule has 1 heterocycles. The van der Waals surface area contributed by atoms with E-state index in [1.165, 1.54) is 4.90 Å². The standard InChI is InChI=1S/C16H18F6N2O2/c1-2-23-3-5-24(6-4-23)14(25)26-10-11-7-12(15(17,18)19)9-13(8-11)16(20,21)22/h7-9H,2-6,10H2,1H3. The average Bonchev–Trinajstić information content (AvgIpc) is 2.58. The molecule has 0 aliphatic carbocycles. The van der Waals surface area contributed by atoms with Crippen molar-refractivity contribution in [3.63, 3.8) is 0 Å². The molecule has 0 aromatic heterocycles. The van der Waals surface area contributed by atoms with E-state index in [1.54, 1.807) is 0 Å². The first-order valence-corrected chi connectivity index (χ1v) is 7.93. The van der Waals surface area contributed by atoms with Crippen molar-refractivity contribution in [2.24, 2.45) is 0 Å². The summed E-state index contributed by atoms with van der Waals surface area (Å²) in [5.74, 6) is 0. The fourth-order valence-corrected chi connectivity index (χ4v) is 2.59. The topological polar surface area (TPSA) is 32.8 Å². The number of amides is 1. The maximum absolute atomic E-state index is 12.8. The summed E-state index contributed by atoms with van der Waals surface area (Å²) in [6.07, 6.45) is -10.6. The third-order valence-electron chi connectivity index (χ3n) is 4.09. The van der Waals surface area contributed by atoms with Crippen LogP contribution in [0.2, 0.25) is 0 Å². The first-order chi connectivity index (χ1) is 12.0. The number of carbonyl (C=O) groups excluding carboxylic acids is 1. The molecule has 2 rings (SSSR count). The maximum Gasteiger partial charge on any atom is 0.416 e. The Morgan fingerprint density at radius 2 is 1.46 bits per heavy atom. The fraction of sp³-hybridized carbons (Fsp3) is 0.562. The molecule has 0 unspecified atom stereocenters. The van der Waals surface area contributed by atoms with Gasteiger partial charge in [-0.1, -0.05) is 6.92 Å². The Labute approximate surface area is 146 Å². The van der Waals surface area contributed by atoms with Crippen molar-refractivity contribution in [1.29, 1.82) is 0 Å². The molecule has 4 nitrogen and oxygen atoms in total. The van der Waals surface area contributed by atoms with E-state index in [2.05, 4.69) is 4.90 Å². The van der Waals surface area contributed by atoms with Gasteiger partial charge in [0.15, 0.2) is 0 Å². The number of benzene rings is 1. The number of halogens is 6. The second-order valence-corrected chi connectivity index (χ2v) is 5.89. The summed E-state index contributed by atoms with van der Waals surface area (Å²) in [5.41, 5.74) is -3.24. The van der Waals surface area contributed by atoms with Crippen LogP contribution in [0.3, 0.4) is 0 Å². The van der Waals surface area contributed by atoms with Gasteiger partial charge in [0.2, 0.25) is 0 Å². The van der Waals surface area contributed by atoms with Crippen LogP contribution in [-0.4, -0.2) is 48.6 Å².